The Bertz CT molecular complexity index is 543. The van der Waals surface area contributed by atoms with Crippen molar-refractivity contribution in [3.63, 3.8) is 0 Å². The number of hydrogen-bond acceptors (Lipinski definition) is 3. The van der Waals surface area contributed by atoms with Gasteiger partial charge in [-0.1, -0.05) is 0 Å². The first kappa shape index (κ1) is 15.3. The van der Waals surface area contributed by atoms with Crippen LogP contribution in [0, 0.1) is 0 Å². The van der Waals surface area contributed by atoms with Gasteiger partial charge >= 0.3 is 0 Å². The summed E-state index contributed by atoms with van der Waals surface area (Å²) < 4.78 is 7.90. The Hall–Kier alpha value is -1.14. The van der Waals surface area contributed by atoms with Crippen molar-refractivity contribution in [2.24, 2.45) is 0 Å². The van der Waals surface area contributed by atoms with Crippen LogP contribution >= 0.6 is 15.9 Å². The molecule has 0 saturated carbocycles. The lowest BCUT2D eigenvalue weighted by atomic mass is 10.2. The second-order valence-corrected chi connectivity index (χ2v) is 6.08. The summed E-state index contributed by atoms with van der Waals surface area (Å²) in [6.45, 7) is 5.53. The maximum atomic E-state index is 12.3. The molecule has 1 saturated heterocycles. The molecule has 1 fully saturated rings. The third-order valence-electron chi connectivity index (χ3n) is 3.44. The number of aryl methyl sites for hydroxylation is 1. The van der Waals surface area contributed by atoms with E-state index in [1.165, 1.54) is 6.07 Å². The van der Waals surface area contributed by atoms with E-state index in [0.29, 0.717) is 26.1 Å². The van der Waals surface area contributed by atoms with E-state index in [-0.39, 0.29) is 23.6 Å². The van der Waals surface area contributed by atoms with Gasteiger partial charge in [0, 0.05) is 36.2 Å². The molecule has 0 radical (unpaired) electrons. The average molecular weight is 343 g/mol. The Balaban J connectivity index is 1.98. The molecule has 1 aromatic heterocycles. The summed E-state index contributed by atoms with van der Waals surface area (Å²) in [5, 5.41) is 0. The number of aromatic nitrogens is 1. The van der Waals surface area contributed by atoms with Crippen LogP contribution in [0.25, 0.3) is 0 Å². The number of hydrogen-bond donors (Lipinski definition) is 0. The highest BCUT2D eigenvalue weighted by Crippen LogP contribution is 2.13. The van der Waals surface area contributed by atoms with E-state index >= 15 is 0 Å². The number of carbonyl (C=O) groups is 1. The van der Waals surface area contributed by atoms with Gasteiger partial charge < -0.3 is 14.2 Å². The number of carbonyl (C=O) groups excluding carboxylic acids is 1. The lowest BCUT2D eigenvalue weighted by Gasteiger charge is -2.36. The molecule has 1 amide bonds. The van der Waals surface area contributed by atoms with Crippen molar-refractivity contribution >= 4 is 21.8 Å². The molecule has 0 bridgehead atoms. The zero-order valence-electron chi connectivity index (χ0n) is 11.7. The molecule has 1 aliphatic rings. The smallest absolute Gasteiger partial charge is 0.250 e. The molecule has 2 heterocycles. The highest BCUT2D eigenvalue weighted by atomic mass is 79.9. The average Bonchev–Trinajstić information content (AvgIpc) is 2.42. The van der Waals surface area contributed by atoms with Crippen molar-refractivity contribution in [2.75, 3.05) is 13.2 Å². The number of ether oxygens (including phenoxy) is 1. The predicted octanol–water partition coefficient (Wildman–Crippen LogP) is 1.64. The summed E-state index contributed by atoms with van der Waals surface area (Å²) in [5.74, 6) is 0.0690. The van der Waals surface area contributed by atoms with Crippen LogP contribution in [0.15, 0.2) is 27.6 Å². The maximum Gasteiger partial charge on any atom is 0.250 e. The largest absolute Gasteiger partial charge is 0.375 e. The third kappa shape index (κ3) is 3.70. The fourth-order valence-corrected chi connectivity index (χ4v) is 2.67. The number of morpholine rings is 1. The molecule has 0 aliphatic carbocycles. The molecule has 2 rings (SSSR count). The first-order valence-corrected chi connectivity index (χ1v) is 7.53. The Kier molecular flexibility index (Phi) is 4.99. The fraction of sp³-hybridized carbons (Fsp3) is 0.571. The third-order valence-corrected chi connectivity index (χ3v) is 3.91. The molecule has 1 aliphatic heterocycles. The molecule has 0 spiro atoms. The summed E-state index contributed by atoms with van der Waals surface area (Å²) >= 11 is 3.33. The van der Waals surface area contributed by atoms with Crippen LogP contribution < -0.4 is 5.56 Å². The summed E-state index contributed by atoms with van der Waals surface area (Å²) in [6.07, 6.45) is 2.11. The lowest BCUT2D eigenvalue weighted by molar-refractivity contribution is -0.143. The van der Waals surface area contributed by atoms with E-state index in [0.717, 1.165) is 4.47 Å². The van der Waals surface area contributed by atoms with Crippen LogP contribution in [0.4, 0.5) is 0 Å². The van der Waals surface area contributed by atoms with Gasteiger partial charge in [0.1, 0.15) is 0 Å². The van der Waals surface area contributed by atoms with Crippen molar-refractivity contribution in [1.29, 1.82) is 0 Å². The van der Waals surface area contributed by atoms with Crippen molar-refractivity contribution in [3.05, 3.63) is 33.2 Å². The van der Waals surface area contributed by atoms with Gasteiger partial charge in [-0.3, -0.25) is 9.59 Å². The van der Waals surface area contributed by atoms with Crippen molar-refractivity contribution in [3.8, 4) is 0 Å². The van der Waals surface area contributed by atoms with Crippen LogP contribution in [0.2, 0.25) is 0 Å². The van der Waals surface area contributed by atoms with Gasteiger partial charge in [0.2, 0.25) is 5.91 Å². The molecule has 0 aromatic carbocycles. The molecule has 5 nitrogen and oxygen atoms in total. The summed E-state index contributed by atoms with van der Waals surface area (Å²) in [7, 11) is 0. The number of halogens is 1. The normalized spacial score (nSPS) is 22.9. The van der Waals surface area contributed by atoms with Crippen molar-refractivity contribution in [1.82, 2.24) is 9.47 Å². The molecular formula is C14H19BrN2O3. The van der Waals surface area contributed by atoms with Gasteiger partial charge in [0.25, 0.3) is 5.56 Å². The fourth-order valence-electron chi connectivity index (χ4n) is 2.29. The second-order valence-electron chi connectivity index (χ2n) is 5.17. The molecule has 20 heavy (non-hydrogen) atoms. The van der Waals surface area contributed by atoms with Crippen LogP contribution in [-0.4, -0.2) is 40.7 Å². The zero-order chi connectivity index (χ0) is 14.7. The summed E-state index contributed by atoms with van der Waals surface area (Å²) in [6, 6.07) is 3.29. The van der Waals surface area contributed by atoms with Gasteiger partial charge in [-0.05, 0) is 35.8 Å². The van der Waals surface area contributed by atoms with E-state index < -0.39 is 0 Å². The number of nitrogens with zero attached hydrogens (tertiary/aromatic N) is 2. The molecule has 2 atom stereocenters. The molecule has 1 aromatic rings. The first-order valence-electron chi connectivity index (χ1n) is 6.74. The summed E-state index contributed by atoms with van der Waals surface area (Å²) in [4.78, 5) is 25.8. The van der Waals surface area contributed by atoms with Crippen molar-refractivity contribution < 1.29 is 9.53 Å². The quantitative estimate of drug-likeness (QED) is 0.838. The number of pyridine rings is 1. The zero-order valence-corrected chi connectivity index (χ0v) is 13.3. The minimum absolute atomic E-state index is 0.0690. The SMILES string of the molecule is C[C@@H]1CN(C(=O)CCn2cc(Br)ccc2=O)[C@@H](C)CO1. The summed E-state index contributed by atoms with van der Waals surface area (Å²) in [5.41, 5.74) is -0.0932. The standard InChI is InChI=1S/C14H19BrN2O3/c1-10-9-20-11(2)7-17(10)14(19)5-6-16-8-12(15)3-4-13(16)18/h3-4,8,10-11H,5-7,9H2,1-2H3/t10-,11+/m0/s1. The van der Waals surface area contributed by atoms with Crippen LogP contribution in [0.3, 0.4) is 0 Å². The van der Waals surface area contributed by atoms with E-state index in [9.17, 15) is 9.59 Å². The van der Waals surface area contributed by atoms with Crippen molar-refractivity contribution in [2.45, 2.75) is 39.0 Å². The lowest BCUT2D eigenvalue weighted by Crippen LogP contribution is -2.50. The highest BCUT2D eigenvalue weighted by Gasteiger charge is 2.27. The Morgan fingerprint density at radius 3 is 2.95 bits per heavy atom. The van der Waals surface area contributed by atoms with E-state index in [4.69, 9.17) is 4.74 Å². The molecule has 6 heteroatoms. The van der Waals surface area contributed by atoms with Gasteiger partial charge in [-0.25, -0.2) is 0 Å². The van der Waals surface area contributed by atoms with Crippen LogP contribution in [-0.2, 0) is 16.1 Å². The highest BCUT2D eigenvalue weighted by molar-refractivity contribution is 9.10. The Morgan fingerprint density at radius 1 is 1.45 bits per heavy atom. The number of rotatable bonds is 3. The molecule has 0 unspecified atom stereocenters. The second kappa shape index (κ2) is 6.54. The van der Waals surface area contributed by atoms with Gasteiger partial charge in [-0.15, -0.1) is 0 Å². The van der Waals surface area contributed by atoms with E-state index in [2.05, 4.69) is 15.9 Å². The topological polar surface area (TPSA) is 51.5 Å². The van der Waals surface area contributed by atoms with E-state index in [1.54, 1.807) is 16.8 Å². The predicted molar refractivity (Wildman–Crippen MR) is 79.6 cm³/mol. The maximum absolute atomic E-state index is 12.3. The monoisotopic (exact) mass is 342 g/mol. The van der Waals surface area contributed by atoms with Gasteiger partial charge in [0.15, 0.2) is 0 Å². The minimum Gasteiger partial charge on any atom is -0.375 e. The van der Waals surface area contributed by atoms with Gasteiger partial charge in [-0.2, -0.15) is 0 Å². The Labute approximate surface area is 126 Å². The molecule has 110 valence electrons. The number of amides is 1. The first-order chi connectivity index (χ1) is 9.47. The van der Waals surface area contributed by atoms with E-state index in [1.807, 2.05) is 18.7 Å². The van der Waals surface area contributed by atoms with Gasteiger partial charge in [0.05, 0.1) is 18.8 Å². The Morgan fingerprint density at radius 2 is 2.20 bits per heavy atom. The minimum atomic E-state index is -0.0932. The van der Waals surface area contributed by atoms with Crippen LogP contribution in [0.5, 0.6) is 0 Å². The molecule has 0 N–H and O–H groups in total. The molecular weight excluding hydrogens is 324 g/mol. The van der Waals surface area contributed by atoms with Crippen LogP contribution in [0.1, 0.15) is 20.3 Å².